The van der Waals surface area contributed by atoms with Crippen LogP contribution < -0.4 is 4.90 Å². The third-order valence-corrected chi connectivity index (χ3v) is 8.29. The first-order chi connectivity index (χ1) is 14.5. The van der Waals surface area contributed by atoms with Gasteiger partial charge in [0.15, 0.2) is 5.82 Å². The average Bonchev–Trinajstić information content (AvgIpc) is 3.44. The van der Waals surface area contributed by atoms with Gasteiger partial charge in [-0.15, -0.1) is 0 Å². The molecule has 7 nitrogen and oxygen atoms in total. The van der Waals surface area contributed by atoms with E-state index >= 15 is 0 Å². The molecule has 0 bridgehead atoms. The number of aromatic nitrogens is 3. The number of hydrogen-bond acceptors (Lipinski definition) is 5. The second kappa shape index (κ2) is 7.67. The lowest BCUT2D eigenvalue weighted by atomic mass is 9.94. The molecule has 2 aromatic heterocycles. The lowest BCUT2D eigenvalue weighted by Crippen LogP contribution is -2.38. The predicted molar refractivity (Wildman–Crippen MR) is 117 cm³/mol. The molecule has 3 aromatic rings. The summed E-state index contributed by atoms with van der Waals surface area (Å²) in [6.07, 6.45) is 5.79. The summed E-state index contributed by atoms with van der Waals surface area (Å²) >= 11 is 0. The molecule has 2 aliphatic heterocycles. The van der Waals surface area contributed by atoms with Crippen molar-refractivity contribution in [3.8, 4) is 0 Å². The van der Waals surface area contributed by atoms with Crippen LogP contribution in [0.5, 0.6) is 0 Å². The van der Waals surface area contributed by atoms with Gasteiger partial charge in [-0.05, 0) is 43.9 Å². The van der Waals surface area contributed by atoms with Crippen molar-refractivity contribution in [1.29, 1.82) is 0 Å². The third-order valence-electron chi connectivity index (χ3n) is 6.37. The van der Waals surface area contributed by atoms with Crippen molar-refractivity contribution >= 4 is 26.9 Å². The minimum atomic E-state index is -3.43. The van der Waals surface area contributed by atoms with Crippen LogP contribution in [0.25, 0.3) is 11.0 Å². The molecule has 30 heavy (non-hydrogen) atoms. The number of sulfonamides is 1. The Kier molecular flexibility index (Phi) is 4.99. The van der Waals surface area contributed by atoms with E-state index in [9.17, 15) is 8.42 Å². The van der Waals surface area contributed by atoms with Gasteiger partial charge in [0.25, 0.3) is 0 Å². The highest BCUT2D eigenvalue weighted by molar-refractivity contribution is 7.89. The maximum Gasteiger partial charge on any atom is 0.243 e. The smallest absolute Gasteiger partial charge is 0.243 e. The lowest BCUT2D eigenvalue weighted by molar-refractivity contribution is 0.317. The Morgan fingerprint density at radius 3 is 2.40 bits per heavy atom. The van der Waals surface area contributed by atoms with Crippen LogP contribution in [0.3, 0.4) is 0 Å². The highest BCUT2D eigenvalue weighted by atomic mass is 32.2. The zero-order valence-electron chi connectivity index (χ0n) is 17.2. The van der Waals surface area contributed by atoms with Crippen LogP contribution in [0.2, 0.25) is 0 Å². The van der Waals surface area contributed by atoms with Gasteiger partial charge in [0, 0.05) is 44.8 Å². The van der Waals surface area contributed by atoms with Gasteiger partial charge in [-0.2, -0.15) is 4.31 Å². The molecule has 2 fully saturated rings. The highest BCUT2D eigenvalue weighted by Crippen LogP contribution is 2.34. The Morgan fingerprint density at radius 1 is 1.00 bits per heavy atom. The summed E-state index contributed by atoms with van der Waals surface area (Å²) in [4.78, 5) is 12.4. The third kappa shape index (κ3) is 3.37. The Morgan fingerprint density at radius 2 is 1.70 bits per heavy atom. The van der Waals surface area contributed by atoms with Gasteiger partial charge in [-0.1, -0.05) is 18.2 Å². The summed E-state index contributed by atoms with van der Waals surface area (Å²) < 4.78 is 29.5. The molecule has 4 heterocycles. The molecular weight excluding hydrogens is 398 g/mol. The molecular formula is C22H27N5O2S. The fourth-order valence-corrected chi connectivity index (χ4v) is 6.11. The van der Waals surface area contributed by atoms with Crippen molar-refractivity contribution in [2.24, 2.45) is 7.05 Å². The standard InChI is InChI=1S/C22H27N5O2S/c1-25-16-23-21-20(25)15-19(24-22(21)26-11-5-6-12-26)17-9-13-27(14-10-17)30(28,29)18-7-3-2-4-8-18/h2-4,7-8,15-17H,5-6,9-14H2,1H3. The van der Waals surface area contributed by atoms with E-state index in [2.05, 4.69) is 20.5 Å². The van der Waals surface area contributed by atoms with Crippen LogP contribution in [0.15, 0.2) is 47.6 Å². The Labute approximate surface area is 177 Å². The second-order valence-corrected chi connectivity index (χ2v) is 10.2. The Hall–Kier alpha value is -2.45. The highest BCUT2D eigenvalue weighted by Gasteiger charge is 2.31. The van der Waals surface area contributed by atoms with Crippen LogP contribution in [0.4, 0.5) is 5.82 Å². The van der Waals surface area contributed by atoms with E-state index in [0.29, 0.717) is 18.0 Å². The number of imidazole rings is 1. The minimum Gasteiger partial charge on any atom is -0.355 e. The summed E-state index contributed by atoms with van der Waals surface area (Å²) in [7, 11) is -1.41. The zero-order valence-corrected chi connectivity index (χ0v) is 18.1. The number of aryl methyl sites for hydroxylation is 1. The number of hydrogen-bond donors (Lipinski definition) is 0. The van der Waals surface area contributed by atoms with E-state index in [1.165, 1.54) is 12.8 Å². The number of fused-ring (bicyclic) bond motifs is 1. The molecule has 0 amide bonds. The first kappa shape index (κ1) is 19.5. The monoisotopic (exact) mass is 425 g/mol. The molecule has 158 valence electrons. The van der Waals surface area contributed by atoms with Crippen molar-refractivity contribution in [2.45, 2.75) is 36.5 Å². The molecule has 5 rings (SSSR count). The van der Waals surface area contributed by atoms with Gasteiger partial charge in [0.05, 0.1) is 16.7 Å². The SMILES string of the molecule is Cn1cnc2c(N3CCCC3)nc(C3CCN(S(=O)(=O)c4ccccc4)CC3)cc21. The molecule has 0 N–H and O–H groups in total. The van der Waals surface area contributed by atoms with E-state index in [4.69, 9.17) is 4.98 Å². The fourth-order valence-electron chi connectivity index (χ4n) is 4.62. The Bertz CT molecular complexity index is 1140. The quantitative estimate of drug-likeness (QED) is 0.642. The van der Waals surface area contributed by atoms with Crippen molar-refractivity contribution in [2.75, 3.05) is 31.1 Å². The van der Waals surface area contributed by atoms with E-state index in [0.717, 1.165) is 48.5 Å². The van der Waals surface area contributed by atoms with Gasteiger partial charge in [0.2, 0.25) is 10.0 Å². The largest absolute Gasteiger partial charge is 0.355 e. The molecule has 1 aromatic carbocycles. The molecule has 0 radical (unpaired) electrons. The van der Waals surface area contributed by atoms with Gasteiger partial charge in [0.1, 0.15) is 5.52 Å². The van der Waals surface area contributed by atoms with E-state index in [1.54, 1.807) is 28.6 Å². The maximum absolute atomic E-state index is 12.9. The fraction of sp³-hybridized carbons (Fsp3) is 0.455. The molecule has 0 saturated carbocycles. The maximum atomic E-state index is 12.9. The van der Waals surface area contributed by atoms with Gasteiger partial charge in [-0.25, -0.2) is 18.4 Å². The van der Waals surface area contributed by atoms with Gasteiger partial charge < -0.3 is 9.47 Å². The molecule has 2 saturated heterocycles. The molecule has 0 atom stereocenters. The number of pyridine rings is 1. The average molecular weight is 426 g/mol. The van der Waals surface area contributed by atoms with Crippen molar-refractivity contribution < 1.29 is 8.42 Å². The molecule has 0 unspecified atom stereocenters. The lowest BCUT2D eigenvalue weighted by Gasteiger charge is -2.31. The van der Waals surface area contributed by atoms with E-state index in [1.807, 2.05) is 19.4 Å². The summed E-state index contributed by atoms with van der Waals surface area (Å²) in [5, 5.41) is 0. The first-order valence-corrected chi connectivity index (χ1v) is 12.1. The van der Waals surface area contributed by atoms with Crippen molar-refractivity contribution in [1.82, 2.24) is 18.8 Å². The summed E-state index contributed by atoms with van der Waals surface area (Å²) in [6.45, 7) is 3.09. The van der Waals surface area contributed by atoms with Crippen LogP contribution in [-0.2, 0) is 17.1 Å². The molecule has 8 heteroatoms. The zero-order chi connectivity index (χ0) is 20.7. The van der Waals surface area contributed by atoms with Gasteiger partial charge in [-0.3, -0.25) is 0 Å². The summed E-state index contributed by atoms with van der Waals surface area (Å²) in [6, 6.07) is 10.9. The number of anilines is 1. The normalized spacial score (nSPS) is 19.0. The second-order valence-electron chi connectivity index (χ2n) is 8.28. The van der Waals surface area contributed by atoms with E-state index in [-0.39, 0.29) is 5.92 Å². The van der Waals surface area contributed by atoms with Crippen LogP contribution in [0.1, 0.15) is 37.3 Å². The predicted octanol–water partition coefficient (Wildman–Crippen LogP) is 3.14. The first-order valence-electron chi connectivity index (χ1n) is 10.7. The van der Waals surface area contributed by atoms with Crippen molar-refractivity contribution in [3.63, 3.8) is 0 Å². The van der Waals surface area contributed by atoms with Crippen LogP contribution in [0, 0.1) is 0 Å². The van der Waals surface area contributed by atoms with Crippen LogP contribution in [-0.4, -0.2) is 53.4 Å². The molecule has 2 aliphatic rings. The molecule has 0 spiro atoms. The van der Waals surface area contributed by atoms with Gasteiger partial charge >= 0.3 is 0 Å². The van der Waals surface area contributed by atoms with Crippen LogP contribution >= 0.6 is 0 Å². The van der Waals surface area contributed by atoms with Crippen molar-refractivity contribution in [3.05, 3.63) is 48.4 Å². The summed E-state index contributed by atoms with van der Waals surface area (Å²) in [5.41, 5.74) is 3.12. The number of benzene rings is 1. The topological polar surface area (TPSA) is 71.3 Å². The number of nitrogens with zero attached hydrogens (tertiary/aromatic N) is 5. The van der Waals surface area contributed by atoms with E-state index < -0.39 is 10.0 Å². The molecule has 0 aliphatic carbocycles. The Balaban J connectivity index is 1.40. The summed E-state index contributed by atoms with van der Waals surface area (Å²) in [5.74, 6) is 1.24. The number of piperidine rings is 1. The minimum absolute atomic E-state index is 0.257. The number of rotatable bonds is 4.